The van der Waals surface area contributed by atoms with E-state index in [0.717, 1.165) is 17.5 Å². The average Bonchev–Trinajstić information content (AvgIpc) is 2.45. The molecule has 0 aliphatic carbocycles. The highest BCUT2D eigenvalue weighted by atomic mass is 16.1. The van der Waals surface area contributed by atoms with Crippen LogP contribution in [0, 0.1) is 11.8 Å². The summed E-state index contributed by atoms with van der Waals surface area (Å²) in [5, 5.41) is 5.35. The van der Waals surface area contributed by atoms with Crippen molar-refractivity contribution in [3.8, 4) is 0 Å². The van der Waals surface area contributed by atoms with Crippen molar-refractivity contribution in [2.75, 3.05) is 5.32 Å². The van der Waals surface area contributed by atoms with Gasteiger partial charge in [-0.05, 0) is 28.8 Å². The number of nitrogens with one attached hydrogen (secondary N) is 1. The summed E-state index contributed by atoms with van der Waals surface area (Å²) in [6, 6.07) is 14.2. The molecular weight excluding hydrogens is 234 g/mol. The lowest BCUT2D eigenvalue weighted by atomic mass is 9.93. The van der Waals surface area contributed by atoms with Crippen molar-refractivity contribution in [3.63, 3.8) is 0 Å². The first-order chi connectivity index (χ1) is 9.11. The molecule has 2 rings (SSSR count). The van der Waals surface area contributed by atoms with Crippen LogP contribution >= 0.6 is 0 Å². The third-order valence-corrected chi connectivity index (χ3v) is 3.93. The maximum atomic E-state index is 12.1. The fraction of sp³-hybridized carbons (Fsp3) is 0.353. The number of amides is 1. The molecule has 0 saturated carbocycles. The summed E-state index contributed by atoms with van der Waals surface area (Å²) < 4.78 is 0. The van der Waals surface area contributed by atoms with Crippen LogP contribution in [0.25, 0.3) is 10.8 Å². The van der Waals surface area contributed by atoms with Crippen molar-refractivity contribution in [1.29, 1.82) is 0 Å². The van der Waals surface area contributed by atoms with E-state index in [-0.39, 0.29) is 11.8 Å². The second-order valence-electron chi connectivity index (χ2n) is 5.23. The van der Waals surface area contributed by atoms with Gasteiger partial charge in [-0.3, -0.25) is 4.79 Å². The first-order valence-corrected chi connectivity index (χ1v) is 6.91. The number of hydrogen-bond donors (Lipinski definition) is 1. The maximum absolute atomic E-state index is 12.1. The smallest absolute Gasteiger partial charge is 0.227 e. The van der Waals surface area contributed by atoms with E-state index in [1.165, 1.54) is 5.39 Å². The van der Waals surface area contributed by atoms with Crippen LogP contribution in [-0.2, 0) is 4.79 Å². The summed E-state index contributed by atoms with van der Waals surface area (Å²) in [6.07, 6.45) is 1.02. The van der Waals surface area contributed by atoms with Crippen LogP contribution < -0.4 is 5.32 Å². The predicted molar refractivity (Wildman–Crippen MR) is 81.2 cm³/mol. The van der Waals surface area contributed by atoms with Crippen molar-refractivity contribution in [2.24, 2.45) is 11.8 Å². The van der Waals surface area contributed by atoms with Crippen LogP contribution in [0.4, 0.5) is 5.69 Å². The maximum Gasteiger partial charge on any atom is 0.227 e. The van der Waals surface area contributed by atoms with Crippen molar-refractivity contribution in [3.05, 3.63) is 42.5 Å². The van der Waals surface area contributed by atoms with Gasteiger partial charge in [0.15, 0.2) is 0 Å². The molecule has 0 fully saturated rings. The lowest BCUT2D eigenvalue weighted by molar-refractivity contribution is -0.120. The number of anilines is 1. The van der Waals surface area contributed by atoms with E-state index in [1.54, 1.807) is 0 Å². The summed E-state index contributed by atoms with van der Waals surface area (Å²) in [4.78, 5) is 12.1. The molecular formula is C17H21NO. The molecule has 2 aromatic carbocycles. The van der Waals surface area contributed by atoms with Crippen LogP contribution in [0.3, 0.4) is 0 Å². The molecule has 0 aliphatic heterocycles. The molecule has 0 bridgehead atoms. The van der Waals surface area contributed by atoms with Crippen molar-refractivity contribution >= 4 is 22.4 Å². The second kappa shape index (κ2) is 5.87. The molecule has 2 unspecified atom stereocenters. The van der Waals surface area contributed by atoms with Crippen molar-refractivity contribution in [2.45, 2.75) is 27.2 Å². The molecule has 2 nitrogen and oxygen atoms in total. The van der Waals surface area contributed by atoms with E-state index >= 15 is 0 Å². The summed E-state index contributed by atoms with van der Waals surface area (Å²) >= 11 is 0. The minimum absolute atomic E-state index is 0.0384. The Labute approximate surface area is 114 Å². The zero-order chi connectivity index (χ0) is 13.8. The normalized spacial score (nSPS) is 14.1. The van der Waals surface area contributed by atoms with Gasteiger partial charge in [0.2, 0.25) is 5.91 Å². The van der Waals surface area contributed by atoms with Crippen LogP contribution in [0.1, 0.15) is 27.2 Å². The summed E-state index contributed by atoms with van der Waals surface area (Å²) in [6.45, 7) is 6.22. The van der Waals surface area contributed by atoms with Crippen LogP contribution in [0.15, 0.2) is 42.5 Å². The minimum atomic E-state index is 0.0384. The van der Waals surface area contributed by atoms with Gasteiger partial charge in [-0.25, -0.2) is 0 Å². The molecule has 2 atom stereocenters. The summed E-state index contributed by atoms with van der Waals surface area (Å²) in [5.74, 6) is 0.543. The Morgan fingerprint density at radius 1 is 1.11 bits per heavy atom. The fourth-order valence-corrected chi connectivity index (χ4v) is 2.14. The van der Waals surface area contributed by atoms with Gasteiger partial charge in [-0.2, -0.15) is 0 Å². The first-order valence-electron chi connectivity index (χ1n) is 6.91. The van der Waals surface area contributed by atoms with Gasteiger partial charge in [0.1, 0.15) is 0 Å². The Morgan fingerprint density at radius 3 is 2.47 bits per heavy atom. The molecule has 2 heteroatoms. The number of fused-ring (bicyclic) bond motifs is 1. The molecule has 0 radical (unpaired) electrons. The van der Waals surface area contributed by atoms with E-state index in [4.69, 9.17) is 0 Å². The molecule has 19 heavy (non-hydrogen) atoms. The number of benzene rings is 2. The number of carbonyl (C=O) groups excluding carboxylic acids is 1. The summed E-state index contributed by atoms with van der Waals surface area (Å²) in [5.41, 5.74) is 0.874. The van der Waals surface area contributed by atoms with Gasteiger partial charge in [0.25, 0.3) is 0 Å². The van der Waals surface area contributed by atoms with Gasteiger partial charge < -0.3 is 5.32 Å². The van der Waals surface area contributed by atoms with Crippen molar-refractivity contribution in [1.82, 2.24) is 0 Å². The Kier molecular flexibility index (Phi) is 4.20. The van der Waals surface area contributed by atoms with Crippen LogP contribution in [0.2, 0.25) is 0 Å². The highest BCUT2D eigenvalue weighted by molar-refractivity contribution is 5.95. The molecule has 1 amide bonds. The zero-order valence-electron chi connectivity index (χ0n) is 11.8. The number of hydrogen-bond acceptors (Lipinski definition) is 1. The van der Waals surface area contributed by atoms with Gasteiger partial charge in [-0.15, -0.1) is 0 Å². The lowest BCUT2D eigenvalue weighted by Gasteiger charge is -2.17. The molecule has 1 N–H and O–H groups in total. The minimum Gasteiger partial charge on any atom is -0.326 e. The van der Waals surface area contributed by atoms with Gasteiger partial charge >= 0.3 is 0 Å². The standard InChI is InChI=1S/C17H21NO/c1-4-12(2)13(3)17(19)18-16-10-9-14-7-5-6-8-15(14)11-16/h5-13H,4H2,1-3H3,(H,18,19). The fourth-order valence-electron chi connectivity index (χ4n) is 2.14. The Hall–Kier alpha value is -1.83. The molecule has 0 aliphatic rings. The molecule has 100 valence electrons. The molecule has 0 heterocycles. The quantitative estimate of drug-likeness (QED) is 0.858. The van der Waals surface area contributed by atoms with E-state index in [1.807, 2.05) is 37.3 Å². The van der Waals surface area contributed by atoms with E-state index in [9.17, 15) is 4.79 Å². The molecule has 2 aromatic rings. The topological polar surface area (TPSA) is 29.1 Å². The molecule has 0 spiro atoms. The average molecular weight is 255 g/mol. The lowest BCUT2D eigenvalue weighted by Crippen LogP contribution is -2.25. The van der Waals surface area contributed by atoms with Gasteiger partial charge in [0.05, 0.1) is 0 Å². The van der Waals surface area contributed by atoms with Crippen molar-refractivity contribution < 1.29 is 4.79 Å². The Balaban J connectivity index is 2.15. The van der Waals surface area contributed by atoms with Gasteiger partial charge in [0, 0.05) is 11.6 Å². The number of carbonyl (C=O) groups is 1. The van der Waals surface area contributed by atoms with E-state index in [0.29, 0.717) is 5.92 Å². The van der Waals surface area contributed by atoms with Gasteiger partial charge in [-0.1, -0.05) is 57.5 Å². The SMILES string of the molecule is CCC(C)C(C)C(=O)Nc1ccc2ccccc2c1. The summed E-state index contributed by atoms with van der Waals surface area (Å²) in [7, 11) is 0. The third kappa shape index (κ3) is 3.14. The Morgan fingerprint density at radius 2 is 1.79 bits per heavy atom. The Bertz CT molecular complexity index is 576. The van der Waals surface area contributed by atoms with E-state index in [2.05, 4.69) is 31.3 Å². The predicted octanol–water partition coefficient (Wildman–Crippen LogP) is 4.46. The number of rotatable bonds is 4. The zero-order valence-corrected chi connectivity index (χ0v) is 11.8. The first kappa shape index (κ1) is 13.6. The second-order valence-corrected chi connectivity index (χ2v) is 5.23. The third-order valence-electron chi connectivity index (χ3n) is 3.93. The monoisotopic (exact) mass is 255 g/mol. The highest BCUT2D eigenvalue weighted by Gasteiger charge is 2.18. The van der Waals surface area contributed by atoms with Crippen LogP contribution in [-0.4, -0.2) is 5.91 Å². The highest BCUT2D eigenvalue weighted by Crippen LogP contribution is 2.21. The van der Waals surface area contributed by atoms with Crippen LogP contribution in [0.5, 0.6) is 0 Å². The molecule has 0 aromatic heterocycles. The molecule has 0 saturated heterocycles. The van der Waals surface area contributed by atoms with E-state index < -0.39 is 0 Å². The largest absolute Gasteiger partial charge is 0.326 e.